The van der Waals surface area contributed by atoms with Crippen LogP contribution in [0.2, 0.25) is 7.35 Å². The molecule has 4 aliphatic rings. The molecule has 1 aliphatic heterocycles. The van der Waals surface area contributed by atoms with E-state index in [9.17, 15) is 0 Å². The molecule has 1 saturated heterocycles. The monoisotopic (exact) mass is 882 g/mol. The van der Waals surface area contributed by atoms with Crippen LogP contribution in [0.3, 0.4) is 0 Å². The predicted molar refractivity (Wildman–Crippen MR) is 209 cm³/mol. The molecule has 0 bridgehead atoms. The van der Waals surface area contributed by atoms with Crippen LogP contribution in [-0.2, 0) is 32.8 Å². The zero-order chi connectivity index (χ0) is 33.5. The summed E-state index contributed by atoms with van der Waals surface area (Å²) in [5.41, 5.74) is 18.9. The molecule has 1 heterocycles. The minimum atomic E-state index is -3.22. The summed E-state index contributed by atoms with van der Waals surface area (Å²) < 4.78 is 3.51. The molecule has 4 atom stereocenters. The quantitative estimate of drug-likeness (QED) is 0.126. The number of aryl methyl sites for hydroxylation is 2. The second kappa shape index (κ2) is 16.4. The van der Waals surface area contributed by atoms with Crippen molar-refractivity contribution in [3.8, 4) is 22.3 Å². The van der Waals surface area contributed by atoms with Gasteiger partial charge in [-0.1, -0.05) is 0 Å². The Morgan fingerprint density at radius 2 is 0.882 bits per heavy atom. The van der Waals surface area contributed by atoms with Gasteiger partial charge >= 0.3 is 303 Å². The van der Waals surface area contributed by atoms with Crippen molar-refractivity contribution in [1.29, 1.82) is 0 Å². The van der Waals surface area contributed by atoms with Crippen LogP contribution in [0.25, 0.3) is 34.4 Å². The van der Waals surface area contributed by atoms with Crippen molar-refractivity contribution in [2.45, 2.75) is 119 Å². The number of hydrogen-bond donors (Lipinski definition) is 0. The van der Waals surface area contributed by atoms with Crippen molar-refractivity contribution in [3.63, 3.8) is 0 Å². The van der Waals surface area contributed by atoms with Crippen molar-refractivity contribution in [2.24, 2.45) is 0 Å². The summed E-state index contributed by atoms with van der Waals surface area (Å²) in [6.45, 7) is 9.41. The van der Waals surface area contributed by atoms with Crippen LogP contribution in [0.1, 0.15) is 133 Å². The topological polar surface area (TPSA) is 0 Å². The summed E-state index contributed by atoms with van der Waals surface area (Å²) in [4.78, 5) is 0. The average Bonchev–Trinajstić information content (AvgIpc) is 3.40. The number of hydrogen-bond acceptors (Lipinski definition) is 0. The van der Waals surface area contributed by atoms with Gasteiger partial charge in [-0.15, -0.1) is 0 Å². The Morgan fingerprint density at radius 3 is 1.25 bits per heavy atom. The van der Waals surface area contributed by atoms with E-state index in [1.165, 1.54) is 110 Å². The van der Waals surface area contributed by atoms with Crippen LogP contribution >= 0.6 is 0 Å². The van der Waals surface area contributed by atoms with Gasteiger partial charge in [-0.25, -0.2) is 0 Å². The summed E-state index contributed by atoms with van der Waals surface area (Å²) in [5, 5.41) is 0. The summed E-state index contributed by atoms with van der Waals surface area (Å²) in [5.74, 6) is 0. The van der Waals surface area contributed by atoms with Gasteiger partial charge < -0.3 is 24.8 Å². The van der Waals surface area contributed by atoms with E-state index in [-0.39, 0.29) is 24.8 Å². The van der Waals surface area contributed by atoms with Crippen molar-refractivity contribution in [2.75, 3.05) is 0 Å². The molecule has 0 N–H and O–H groups in total. The van der Waals surface area contributed by atoms with E-state index in [2.05, 4.69) is 125 Å². The fourth-order valence-electron chi connectivity index (χ4n) is 11.1. The number of halogens is 2. The van der Waals surface area contributed by atoms with Gasteiger partial charge in [0.05, 0.1) is 0 Å². The Labute approximate surface area is 325 Å². The first kappa shape index (κ1) is 38.5. The van der Waals surface area contributed by atoms with Gasteiger partial charge in [0, 0.05) is 0 Å². The summed E-state index contributed by atoms with van der Waals surface area (Å²) in [6, 6.07) is 34.0. The van der Waals surface area contributed by atoms with Crippen molar-refractivity contribution in [3.05, 3.63) is 129 Å². The molecule has 0 spiro atoms. The molecule has 4 unspecified atom stereocenters. The Hall–Kier alpha value is -2.19. The third kappa shape index (κ3) is 6.65. The van der Waals surface area contributed by atoms with Gasteiger partial charge in [-0.3, -0.25) is 0 Å². The van der Waals surface area contributed by atoms with Crippen molar-refractivity contribution >= 4 is 12.2 Å². The summed E-state index contributed by atoms with van der Waals surface area (Å²) >= 11 is -3.22. The van der Waals surface area contributed by atoms with Crippen LogP contribution in [0.4, 0.5) is 0 Å². The van der Waals surface area contributed by atoms with Gasteiger partial charge in [0.15, 0.2) is 0 Å². The van der Waals surface area contributed by atoms with E-state index in [4.69, 9.17) is 0 Å². The maximum atomic E-state index is 2.73. The maximum Gasteiger partial charge on any atom is -1.00 e. The molecule has 0 amide bonds. The molecule has 1 saturated carbocycles. The number of rotatable bonds is 12. The molecule has 3 heteroatoms. The molecule has 266 valence electrons. The summed E-state index contributed by atoms with van der Waals surface area (Å²) in [7, 11) is 0. The van der Waals surface area contributed by atoms with Crippen LogP contribution in [-0.4, -0.2) is 0 Å². The third-order valence-electron chi connectivity index (χ3n) is 12.9. The van der Waals surface area contributed by atoms with Gasteiger partial charge in [0.25, 0.3) is 0 Å². The molecule has 0 aromatic heterocycles. The van der Waals surface area contributed by atoms with Gasteiger partial charge in [0.2, 0.25) is 0 Å². The molecule has 51 heavy (non-hydrogen) atoms. The zero-order valence-corrected chi connectivity index (χ0v) is 36.4. The maximum absolute atomic E-state index is 3.22. The van der Waals surface area contributed by atoms with E-state index >= 15 is 0 Å². The standard InChI is InChI=1S/2C21H23.C6H10.2ClH.Hf/c2*1-3-6-16-10-12-18(13-11-16)20-9-5-8-19-14-17(7-4-2)15-21(19)20;1-2-4-6-5-3-1;;;/h2*5,8-15H,3-4,6-7H2,1-2H3;1-2H,3-6H2;2*1H;/q;;;;;+2/p-2. The molecule has 4 aromatic carbocycles. The normalized spacial score (nSPS) is 22.7. The van der Waals surface area contributed by atoms with Crippen molar-refractivity contribution in [1.82, 2.24) is 0 Å². The Morgan fingerprint density at radius 1 is 0.490 bits per heavy atom. The van der Waals surface area contributed by atoms with E-state index in [1.807, 2.05) is 11.1 Å². The van der Waals surface area contributed by atoms with Crippen LogP contribution < -0.4 is 24.8 Å². The van der Waals surface area contributed by atoms with Gasteiger partial charge in [0.1, 0.15) is 0 Å². The molecule has 0 radical (unpaired) electrons. The fourth-order valence-corrected chi connectivity index (χ4v) is 46.6. The smallest absolute Gasteiger partial charge is 1.00 e. The number of fused-ring (bicyclic) bond motifs is 3. The molecule has 4 aromatic rings. The number of benzene rings is 4. The second-order valence-electron chi connectivity index (χ2n) is 15.8. The molecule has 2 fully saturated rings. The van der Waals surface area contributed by atoms with E-state index < -0.39 is 20.0 Å². The third-order valence-corrected chi connectivity index (χ3v) is 37.8. The first-order valence-electron chi connectivity index (χ1n) is 20.0. The Balaban J connectivity index is 0.00000224. The minimum Gasteiger partial charge on any atom is -1.00 e. The van der Waals surface area contributed by atoms with Crippen LogP contribution in [0, 0.1) is 0 Å². The minimum absolute atomic E-state index is 0. The van der Waals surface area contributed by atoms with Crippen LogP contribution in [0.15, 0.2) is 96.1 Å². The molecule has 0 nitrogen and oxygen atoms in total. The van der Waals surface area contributed by atoms with Crippen LogP contribution in [0.5, 0.6) is 0 Å². The SMILES string of the molecule is CCCC1=Cc2c(-c3ccc(CCC)cc3)cccc2[CH]1[Hf+2]1([CH]2C(CCC)=Cc3c(-c4ccc(CCC)cc4)cccc32)[CH]2CCCC[CH]21.[Cl-].[Cl-]. The van der Waals surface area contributed by atoms with Crippen molar-refractivity contribution < 1.29 is 44.8 Å². The molecule has 3 aliphatic carbocycles. The van der Waals surface area contributed by atoms with Gasteiger partial charge in [-0.05, 0) is 0 Å². The first-order chi connectivity index (χ1) is 24.1. The van der Waals surface area contributed by atoms with E-state index in [0.29, 0.717) is 0 Å². The second-order valence-corrected chi connectivity index (χ2v) is 32.5. The Bertz CT molecular complexity index is 1740. The molecule has 8 rings (SSSR count). The molecular weight excluding hydrogens is 826 g/mol. The number of allylic oxidation sites excluding steroid dienone is 2. The van der Waals surface area contributed by atoms with E-state index in [1.54, 1.807) is 22.3 Å². The fraction of sp³-hybridized carbons (Fsp3) is 0.417. The predicted octanol–water partition coefficient (Wildman–Crippen LogP) is 8.43. The average molecular weight is 882 g/mol. The first-order valence-corrected chi connectivity index (χ1v) is 28.3. The summed E-state index contributed by atoms with van der Waals surface area (Å²) in [6.07, 6.45) is 21.1. The van der Waals surface area contributed by atoms with Gasteiger partial charge in [-0.2, -0.15) is 0 Å². The molecular formula is C48H56Cl2Hf. The largest absolute Gasteiger partial charge is 1.00 e. The zero-order valence-electron chi connectivity index (χ0n) is 31.3. The Kier molecular flexibility index (Phi) is 12.4. The van der Waals surface area contributed by atoms with E-state index in [0.717, 1.165) is 14.7 Å².